The van der Waals surface area contributed by atoms with Gasteiger partial charge in [0.2, 0.25) is 0 Å². The number of ether oxygens (including phenoxy) is 1. The van der Waals surface area contributed by atoms with Crippen LogP contribution in [-0.2, 0) is 18.9 Å². The molecule has 4 nitrogen and oxygen atoms in total. The maximum atomic E-state index is 13.1. The van der Waals surface area contributed by atoms with Gasteiger partial charge in [-0.1, -0.05) is 35.5 Å². The average molecular weight is 396 g/mol. The van der Waals surface area contributed by atoms with E-state index < -0.39 is 5.82 Å². The predicted molar refractivity (Wildman–Crippen MR) is 97.4 cm³/mol. The minimum atomic E-state index is -0.418. The molecule has 0 atom stereocenters. The van der Waals surface area contributed by atoms with E-state index in [2.05, 4.69) is 10.2 Å². The van der Waals surface area contributed by atoms with Crippen LogP contribution in [-0.4, -0.2) is 14.8 Å². The fourth-order valence-corrected chi connectivity index (χ4v) is 3.51. The van der Waals surface area contributed by atoms with Gasteiger partial charge in [-0.3, -0.25) is 0 Å². The molecule has 1 aromatic heterocycles. The van der Waals surface area contributed by atoms with Crippen molar-refractivity contribution < 1.29 is 13.5 Å². The summed E-state index contributed by atoms with van der Waals surface area (Å²) in [6, 6.07) is 10.3. The summed E-state index contributed by atoms with van der Waals surface area (Å²) < 4.78 is 33.6. The standard InChI is InChI=1S/C18H16ClF2N3OS/c1-2-24-17(10-25-16-8-7-14(21)9-15(16)19)22-23-18(24)26-11-12-3-5-13(20)6-4-12/h3-9H,2,10-11H2,1H3. The van der Waals surface area contributed by atoms with E-state index in [0.717, 1.165) is 10.7 Å². The van der Waals surface area contributed by atoms with Crippen molar-refractivity contribution in [3.05, 3.63) is 70.5 Å². The van der Waals surface area contributed by atoms with Gasteiger partial charge >= 0.3 is 0 Å². The van der Waals surface area contributed by atoms with E-state index in [9.17, 15) is 8.78 Å². The molecule has 3 aromatic rings. The van der Waals surface area contributed by atoms with Gasteiger partial charge in [-0.25, -0.2) is 8.78 Å². The highest BCUT2D eigenvalue weighted by Crippen LogP contribution is 2.26. The Morgan fingerprint density at radius 3 is 2.50 bits per heavy atom. The van der Waals surface area contributed by atoms with Gasteiger partial charge in [0.15, 0.2) is 11.0 Å². The molecule has 0 aliphatic carbocycles. The SMILES string of the molecule is CCn1c(COc2ccc(F)cc2Cl)nnc1SCc1ccc(F)cc1. The van der Waals surface area contributed by atoms with Gasteiger partial charge in [0.25, 0.3) is 0 Å². The molecule has 0 spiro atoms. The average Bonchev–Trinajstić information content (AvgIpc) is 3.02. The summed E-state index contributed by atoms with van der Waals surface area (Å²) in [5.41, 5.74) is 0.998. The van der Waals surface area contributed by atoms with E-state index in [4.69, 9.17) is 16.3 Å². The number of halogens is 3. The molecule has 0 saturated carbocycles. The van der Waals surface area contributed by atoms with Crippen LogP contribution >= 0.6 is 23.4 Å². The third-order valence-electron chi connectivity index (χ3n) is 3.64. The van der Waals surface area contributed by atoms with Gasteiger partial charge in [0.05, 0.1) is 5.02 Å². The Morgan fingerprint density at radius 2 is 1.81 bits per heavy atom. The summed E-state index contributed by atoms with van der Waals surface area (Å²) in [4.78, 5) is 0. The lowest BCUT2D eigenvalue weighted by atomic mass is 10.2. The van der Waals surface area contributed by atoms with Gasteiger partial charge < -0.3 is 9.30 Å². The van der Waals surface area contributed by atoms with Crippen LogP contribution in [0, 0.1) is 11.6 Å². The van der Waals surface area contributed by atoms with Crippen LogP contribution in [0.25, 0.3) is 0 Å². The maximum Gasteiger partial charge on any atom is 0.191 e. The van der Waals surface area contributed by atoms with Gasteiger partial charge in [0, 0.05) is 12.3 Å². The van der Waals surface area contributed by atoms with E-state index in [1.165, 1.54) is 42.1 Å². The summed E-state index contributed by atoms with van der Waals surface area (Å²) in [5, 5.41) is 9.32. The molecular formula is C18H16ClF2N3OS. The van der Waals surface area contributed by atoms with Crippen molar-refractivity contribution >= 4 is 23.4 Å². The molecule has 1 heterocycles. The van der Waals surface area contributed by atoms with Crippen molar-refractivity contribution in [1.29, 1.82) is 0 Å². The Hall–Kier alpha value is -2.12. The number of nitrogens with zero attached hydrogens (tertiary/aromatic N) is 3. The normalized spacial score (nSPS) is 10.9. The highest BCUT2D eigenvalue weighted by Gasteiger charge is 2.13. The largest absolute Gasteiger partial charge is 0.484 e. The first-order valence-corrected chi connectivity index (χ1v) is 9.30. The third-order valence-corrected chi connectivity index (χ3v) is 4.97. The molecule has 0 radical (unpaired) electrons. The van der Waals surface area contributed by atoms with E-state index >= 15 is 0 Å². The van der Waals surface area contributed by atoms with Crippen LogP contribution in [0.3, 0.4) is 0 Å². The molecule has 0 amide bonds. The van der Waals surface area contributed by atoms with Crippen LogP contribution in [0.5, 0.6) is 5.75 Å². The first-order valence-electron chi connectivity index (χ1n) is 7.94. The number of aromatic nitrogens is 3. The molecule has 0 aliphatic rings. The van der Waals surface area contributed by atoms with Crippen LogP contribution < -0.4 is 4.74 Å². The number of hydrogen-bond acceptors (Lipinski definition) is 4. The van der Waals surface area contributed by atoms with Gasteiger partial charge in [-0.15, -0.1) is 10.2 Å². The molecule has 0 fully saturated rings. The minimum Gasteiger partial charge on any atom is -0.484 e. The van der Waals surface area contributed by atoms with Crippen molar-refractivity contribution in [2.24, 2.45) is 0 Å². The zero-order valence-corrected chi connectivity index (χ0v) is 15.5. The van der Waals surface area contributed by atoms with Crippen LogP contribution in [0.1, 0.15) is 18.3 Å². The monoisotopic (exact) mass is 395 g/mol. The third kappa shape index (κ3) is 4.53. The first-order chi connectivity index (χ1) is 12.6. The van der Waals surface area contributed by atoms with E-state index in [1.807, 2.05) is 11.5 Å². The first kappa shape index (κ1) is 18.7. The summed E-state index contributed by atoms with van der Waals surface area (Å²) in [5.74, 6) is 1.02. The topological polar surface area (TPSA) is 39.9 Å². The number of hydrogen-bond donors (Lipinski definition) is 0. The molecule has 0 N–H and O–H groups in total. The lowest BCUT2D eigenvalue weighted by molar-refractivity contribution is 0.288. The van der Waals surface area contributed by atoms with Crippen molar-refractivity contribution in [2.75, 3.05) is 0 Å². The second-order valence-corrected chi connectivity index (χ2v) is 6.77. The molecule has 0 unspecified atom stereocenters. The van der Waals surface area contributed by atoms with Crippen molar-refractivity contribution in [3.8, 4) is 5.75 Å². The fourth-order valence-electron chi connectivity index (χ4n) is 2.31. The number of thioether (sulfide) groups is 1. The van der Waals surface area contributed by atoms with Crippen molar-refractivity contribution in [2.45, 2.75) is 31.0 Å². The van der Waals surface area contributed by atoms with E-state index in [-0.39, 0.29) is 17.4 Å². The van der Waals surface area contributed by atoms with Crippen LogP contribution in [0.4, 0.5) is 8.78 Å². The molecule has 0 bridgehead atoms. The van der Waals surface area contributed by atoms with E-state index in [1.54, 1.807) is 12.1 Å². The fraction of sp³-hybridized carbons (Fsp3) is 0.222. The summed E-state index contributed by atoms with van der Waals surface area (Å²) in [7, 11) is 0. The zero-order valence-electron chi connectivity index (χ0n) is 14.0. The second-order valence-electron chi connectivity index (χ2n) is 5.42. The van der Waals surface area contributed by atoms with E-state index in [0.29, 0.717) is 23.9 Å². The Labute approximate surface area is 159 Å². The van der Waals surface area contributed by atoms with Gasteiger partial charge in [-0.2, -0.15) is 0 Å². The lowest BCUT2D eigenvalue weighted by Crippen LogP contribution is -2.07. The summed E-state index contributed by atoms with van der Waals surface area (Å²) >= 11 is 7.48. The van der Waals surface area contributed by atoms with Crippen molar-refractivity contribution in [3.63, 3.8) is 0 Å². The molecule has 8 heteroatoms. The second kappa shape index (κ2) is 8.51. The molecule has 136 valence electrons. The van der Waals surface area contributed by atoms with Crippen LogP contribution in [0.2, 0.25) is 5.02 Å². The molecule has 3 rings (SSSR count). The Kier molecular flexibility index (Phi) is 6.11. The quantitative estimate of drug-likeness (QED) is 0.522. The van der Waals surface area contributed by atoms with Crippen LogP contribution in [0.15, 0.2) is 47.6 Å². The van der Waals surface area contributed by atoms with Crippen molar-refractivity contribution in [1.82, 2.24) is 14.8 Å². The minimum absolute atomic E-state index is 0.170. The number of rotatable bonds is 7. The Balaban J connectivity index is 1.66. The molecule has 2 aromatic carbocycles. The van der Waals surface area contributed by atoms with Gasteiger partial charge in [-0.05, 0) is 42.8 Å². The molecule has 0 saturated heterocycles. The highest BCUT2D eigenvalue weighted by molar-refractivity contribution is 7.98. The molecule has 26 heavy (non-hydrogen) atoms. The zero-order chi connectivity index (χ0) is 18.5. The Morgan fingerprint density at radius 1 is 1.08 bits per heavy atom. The highest BCUT2D eigenvalue weighted by atomic mass is 35.5. The molecular weight excluding hydrogens is 380 g/mol. The summed E-state index contributed by atoms with van der Waals surface area (Å²) in [6.45, 7) is 2.83. The Bertz CT molecular complexity index is 887. The smallest absolute Gasteiger partial charge is 0.191 e. The van der Waals surface area contributed by atoms with Gasteiger partial charge in [0.1, 0.15) is 24.0 Å². The lowest BCUT2D eigenvalue weighted by Gasteiger charge is -2.10. The summed E-state index contributed by atoms with van der Waals surface area (Å²) in [6.07, 6.45) is 0. The molecule has 0 aliphatic heterocycles. The maximum absolute atomic E-state index is 13.1. The number of benzene rings is 2. The predicted octanol–water partition coefficient (Wildman–Crippen LogP) is 5.10.